The van der Waals surface area contributed by atoms with Gasteiger partial charge in [0.25, 0.3) is 0 Å². The molecule has 0 aromatic heterocycles. The molecule has 2 saturated carbocycles. The molecule has 0 aromatic carbocycles. The number of hydrogen-bond donors (Lipinski definition) is 1. The maximum absolute atomic E-state index is 6.05. The Labute approximate surface area is 69.4 Å². The zero-order valence-electron chi connectivity index (χ0n) is 8.02. The van der Waals surface area contributed by atoms with Crippen molar-refractivity contribution in [3.05, 3.63) is 0 Å². The summed E-state index contributed by atoms with van der Waals surface area (Å²) in [6.07, 6.45) is 1.25. The Kier molecular flexibility index (Phi) is 1.15. The van der Waals surface area contributed by atoms with Gasteiger partial charge in [-0.2, -0.15) is 0 Å². The number of hydrogen-bond acceptors (Lipinski definition) is 1. The van der Waals surface area contributed by atoms with Crippen LogP contribution in [-0.2, 0) is 0 Å². The highest BCUT2D eigenvalue weighted by Crippen LogP contribution is 2.72. The van der Waals surface area contributed by atoms with Crippen LogP contribution in [0, 0.1) is 22.7 Å². The van der Waals surface area contributed by atoms with Crippen LogP contribution in [0.15, 0.2) is 0 Å². The first-order chi connectivity index (χ1) is 4.88. The van der Waals surface area contributed by atoms with Crippen LogP contribution in [0.5, 0.6) is 0 Å². The van der Waals surface area contributed by atoms with Crippen LogP contribution in [0.1, 0.15) is 34.1 Å². The fraction of sp³-hybridized carbons (Fsp3) is 1.00. The molecule has 11 heavy (non-hydrogen) atoms. The molecular formula is C10H19N. The van der Waals surface area contributed by atoms with Gasteiger partial charge >= 0.3 is 0 Å². The summed E-state index contributed by atoms with van der Waals surface area (Å²) in [4.78, 5) is 0. The lowest BCUT2D eigenvalue weighted by Crippen LogP contribution is -2.37. The van der Waals surface area contributed by atoms with Crippen LogP contribution in [0.3, 0.4) is 0 Å². The van der Waals surface area contributed by atoms with E-state index in [9.17, 15) is 0 Å². The fourth-order valence-electron chi connectivity index (χ4n) is 3.47. The van der Waals surface area contributed by atoms with Crippen molar-refractivity contribution in [3.8, 4) is 0 Å². The van der Waals surface area contributed by atoms with Gasteiger partial charge in [0, 0.05) is 6.04 Å². The summed E-state index contributed by atoms with van der Waals surface area (Å²) >= 11 is 0. The second kappa shape index (κ2) is 1.66. The summed E-state index contributed by atoms with van der Waals surface area (Å²) in [5.41, 5.74) is 7.05. The van der Waals surface area contributed by atoms with Crippen LogP contribution in [0.25, 0.3) is 0 Å². The van der Waals surface area contributed by atoms with Crippen molar-refractivity contribution < 1.29 is 0 Å². The van der Waals surface area contributed by atoms with Gasteiger partial charge in [-0.05, 0) is 29.1 Å². The van der Waals surface area contributed by atoms with Crippen LogP contribution in [0.4, 0.5) is 0 Å². The maximum Gasteiger partial charge on any atom is 0.00961 e. The number of nitrogens with two attached hydrogens (primary N) is 1. The van der Waals surface area contributed by atoms with Crippen molar-refractivity contribution in [2.75, 3.05) is 0 Å². The summed E-state index contributed by atoms with van der Waals surface area (Å²) in [5, 5.41) is 0. The summed E-state index contributed by atoms with van der Waals surface area (Å²) in [6, 6.07) is 0.450. The van der Waals surface area contributed by atoms with Crippen LogP contribution in [0.2, 0.25) is 0 Å². The molecule has 0 radical (unpaired) electrons. The Balaban J connectivity index is 2.24. The van der Waals surface area contributed by atoms with Gasteiger partial charge in [-0.15, -0.1) is 0 Å². The third-order valence-corrected chi connectivity index (χ3v) is 4.32. The van der Waals surface area contributed by atoms with Gasteiger partial charge in [-0.1, -0.05) is 27.7 Å². The lowest BCUT2D eigenvalue weighted by atomic mass is 9.78. The Morgan fingerprint density at radius 1 is 1.09 bits per heavy atom. The van der Waals surface area contributed by atoms with Gasteiger partial charge in [0.15, 0.2) is 0 Å². The third-order valence-electron chi connectivity index (χ3n) is 4.32. The van der Waals surface area contributed by atoms with Crippen molar-refractivity contribution in [3.63, 3.8) is 0 Å². The molecule has 0 spiro atoms. The first-order valence-electron chi connectivity index (χ1n) is 4.64. The van der Waals surface area contributed by atoms with Crippen molar-refractivity contribution in [1.29, 1.82) is 0 Å². The third kappa shape index (κ3) is 0.703. The molecule has 0 aliphatic heterocycles. The maximum atomic E-state index is 6.05. The largest absolute Gasteiger partial charge is 0.327 e. The SMILES string of the molecule is CC1(C)C(N)CC2C1C2(C)C. The van der Waals surface area contributed by atoms with E-state index in [4.69, 9.17) is 5.73 Å². The highest BCUT2D eigenvalue weighted by molar-refractivity contribution is 5.19. The molecule has 1 heteroatoms. The van der Waals surface area contributed by atoms with Gasteiger partial charge in [-0.3, -0.25) is 0 Å². The Bertz CT molecular complexity index is 193. The summed E-state index contributed by atoms with van der Waals surface area (Å²) in [5.74, 6) is 1.82. The highest BCUT2D eigenvalue weighted by Gasteiger charge is 2.69. The standard InChI is InChI=1S/C10H19N/c1-9(2)6-5-7(11)10(3,4)8(6)9/h6-8H,5,11H2,1-4H3. The molecule has 0 saturated heterocycles. The van der Waals surface area contributed by atoms with Gasteiger partial charge in [0.1, 0.15) is 0 Å². The van der Waals surface area contributed by atoms with E-state index in [0.29, 0.717) is 16.9 Å². The Morgan fingerprint density at radius 2 is 1.64 bits per heavy atom. The number of fused-ring (bicyclic) bond motifs is 1. The normalized spacial score (nSPS) is 50.5. The second-order valence-corrected chi connectivity index (χ2v) is 5.57. The van der Waals surface area contributed by atoms with Gasteiger partial charge in [0.2, 0.25) is 0 Å². The van der Waals surface area contributed by atoms with Crippen LogP contribution in [-0.4, -0.2) is 6.04 Å². The first kappa shape index (κ1) is 7.60. The minimum atomic E-state index is 0.397. The molecule has 1 nitrogen and oxygen atoms in total. The first-order valence-corrected chi connectivity index (χ1v) is 4.64. The smallest absolute Gasteiger partial charge is 0.00961 e. The van der Waals surface area contributed by atoms with E-state index in [-0.39, 0.29) is 0 Å². The van der Waals surface area contributed by atoms with E-state index in [1.165, 1.54) is 6.42 Å². The fourth-order valence-corrected chi connectivity index (χ4v) is 3.47. The number of rotatable bonds is 0. The van der Waals surface area contributed by atoms with Crippen molar-refractivity contribution >= 4 is 0 Å². The van der Waals surface area contributed by atoms with E-state index in [1.807, 2.05) is 0 Å². The molecule has 3 atom stereocenters. The molecule has 0 amide bonds. The average molecular weight is 153 g/mol. The lowest BCUT2D eigenvalue weighted by Gasteiger charge is -2.30. The van der Waals surface area contributed by atoms with Crippen LogP contribution >= 0.6 is 0 Å². The van der Waals surface area contributed by atoms with Crippen molar-refractivity contribution in [1.82, 2.24) is 0 Å². The molecule has 0 aromatic rings. The molecule has 2 N–H and O–H groups in total. The summed E-state index contributed by atoms with van der Waals surface area (Å²) < 4.78 is 0. The molecule has 2 aliphatic carbocycles. The van der Waals surface area contributed by atoms with E-state index in [0.717, 1.165) is 11.8 Å². The summed E-state index contributed by atoms with van der Waals surface area (Å²) in [7, 11) is 0. The molecular weight excluding hydrogens is 134 g/mol. The molecule has 2 rings (SSSR count). The topological polar surface area (TPSA) is 26.0 Å². The minimum absolute atomic E-state index is 0.397. The monoisotopic (exact) mass is 153 g/mol. The van der Waals surface area contributed by atoms with Gasteiger partial charge < -0.3 is 5.73 Å². The predicted octanol–water partition coefficient (Wildman–Crippen LogP) is 2.02. The average Bonchev–Trinajstić information content (AvgIpc) is 2.23. The van der Waals surface area contributed by atoms with Crippen LogP contribution < -0.4 is 5.73 Å². The molecule has 0 heterocycles. The lowest BCUT2D eigenvalue weighted by molar-refractivity contribution is 0.225. The zero-order valence-corrected chi connectivity index (χ0v) is 8.02. The molecule has 0 bridgehead atoms. The van der Waals surface area contributed by atoms with E-state index in [2.05, 4.69) is 27.7 Å². The van der Waals surface area contributed by atoms with Crippen molar-refractivity contribution in [2.24, 2.45) is 28.4 Å². The molecule has 2 fully saturated rings. The second-order valence-electron chi connectivity index (χ2n) is 5.57. The van der Waals surface area contributed by atoms with E-state index in [1.54, 1.807) is 0 Å². The highest BCUT2D eigenvalue weighted by atomic mass is 14.8. The Hall–Kier alpha value is -0.0400. The minimum Gasteiger partial charge on any atom is -0.327 e. The zero-order chi connectivity index (χ0) is 8.44. The Morgan fingerprint density at radius 3 is 1.91 bits per heavy atom. The predicted molar refractivity (Wildman–Crippen MR) is 47.1 cm³/mol. The molecule has 2 aliphatic rings. The summed E-state index contributed by atoms with van der Waals surface area (Å²) in [6.45, 7) is 9.43. The quantitative estimate of drug-likeness (QED) is 0.566. The van der Waals surface area contributed by atoms with Gasteiger partial charge in [0.05, 0.1) is 0 Å². The molecule has 64 valence electrons. The molecule has 3 unspecified atom stereocenters. The van der Waals surface area contributed by atoms with Crippen molar-refractivity contribution in [2.45, 2.75) is 40.2 Å². The van der Waals surface area contributed by atoms with Gasteiger partial charge in [-0.25, -0.2) is 0 Å². The van der Waals surface area contributed by atoms with E-state index >= 15 is 0 Å². The van der Waals surface area contributed by atoms with E-state index < -0.39 is 0 Å².